The maximum absolute atomic E-state index is 5.98. The highest BCUT2D eigenvalue weighted by Gasteiger charge is 2.25. The fraction of sp³-hybridized carbons (Fsp3) is 0.400. The molecule has 1 N–H and O–H groups in total. The fourth-order valence-corrected chi connectivity index (χ4v) is 4.88. The Morgan fingerprint density at radius 2 is 1.86 bits per heavy atom. The smallest absolute Gasteiger partial charge is 0.173 e. The van der Waals surface area contributed by atoms with Gasteiger partial charge in [-0.05, 0) is 67.7 Å². The van der Waals surface area contributed by atoms with E-state index in [1.54, 1.807) is 0 Å². The normalized spacial score (nSPS) is 14.9. The lowest BCUT2D eigenvalue weighted by atomic mass is 9.94. The van der Waals surface area contributed by atoms with Crippen molar-refractivity contribution >= 4 is 33.9 Å². The van der Waals surface area contributed by atoms with Gasteiger partial charge in [-0.1, -0.05) is 49.6 Å². The van der Waals surface area contributed by atoms with Gasteiger partial charge < -0.3 is 14.8 Å². The molecule has 1 saturated carbocycles. The van der Waals surface area contributed by atoms with Crippen LogP contribution in [0.2, 0.25) is 0 Å². The average molecular weight is 406 g/mol. The molecule has 1 fully saturated rings. The summed E-state index contributed by atoms with van der Waals surface area (Å²) in [5.74, 6) is 0. The number of hydrogen-bond donors (Lipinski definition) is 1. The number of benzene rings is 2. The van der Waals surface area contributed by atoms with E-state index >= 15 is 0 Å². The van der Waals surface area contributed by atoms with Crippen molar-refractivity contribution < 1.29 is 0 Å². The minimum Gasteiger partial charge on any atom is -0.350 e. The van der Waals surface area contributed by atoms with E-state index in [-0.39, 0.29) is 0 Å². The highest BCUT2D eigenvalue weighted by Crippen LogP contribution is 2.28. The lowest BCUT2D eigenvalue weighted by molar-refractivity contribution is 0.241. The van der Waals surface area contributed by atoms with Gasteiger partial charge in [-0.15, -0.1) is 0 Å². The van der Waals surface area contributed by atoms with Crippen LogP contribution in [0, 0.1) is 13.8 Å². The first-order valence-electron chi connectivity index (χ1n) is 10.7. The summed E-state index contributed by atoms with van der Waals surface area (Å²) in [5, 5.41) is 5.74. The summed E-state index contributed by atoms with van der Waals surface area (Å²) < 4.78 is 2.23. The number of hydrogen-bond acceptors (Lipinski definition) is 1. The lowest BCUT2D eigenvalue weighted by Gasteiger charge is -2.36. The Morgan fingerprint density at radius 3 is 2.66 bits per heavy atom. The second-order valence-electron chi connectivity index (χ2n) is 8.45. The second-order valence-corrected chi connectivity index (χ2v) is 8.84. The van der Waals surface area contributed by atoms with Gasteiger partial charge >= 0.3 is 0 Å². The first-order valence-corrected chi connectivity index (χ1v) is 11.1. The number of fused-ring (bicyclic) bond motifs is 1. The Morgan fingerprint density at radius 1 is 1.10 bits per heavy atom. The van der Waals surface area contributed by atoms with Crippen LogP contribution in [0.25, 0.3) is 10.9 Å². The van der Waals surface area contributed by atoms with Crippen LogP contribution in [0.4, 0.5) is 5.69 Å². The Kier molecular flexibility index (Phi) is 5.91. The molecule has 3 nitrogen and oxygen atoms in total. The molecule has 3 aromatic rings. The third-order valence-electron chi connectivity index (χ3n) is 6.23. The van der Waals surface area contributed by atoms with Gasteiger partial charge in [-0.25, -0.2) is 0 Å². The number of aryl methyl sites for hydroxylation is 3. The van der Waals surface area contributed by atoms with E-state index in [0.29, 0.717) is 6.04 Å². The van der Waals surface area contributed by atoms with E-state index in [9.17, 15) is 0 Å². The van der Waals surface area contributed by atoms with Gasteiger partial charge in [0.2, 0.25) is 0 Å². The van der Waals surface area contributed by atoms with Crippen molar-refractivity contribution in [2.24, 2.45) is 7.05 Å². The van der Waals surface area contributed by atoms with Crippen molar-refractivity contribution in [3.63, 3.8) is 0 Å². The zero-order valence-corrected chi connectivity index (χ0v) is 18.6. The molecule has 0 aliphatic heterocycles. The summed E-state index contributed by atoms with van der Waals surface area (Å²) in [4.78, 5) is 2.44. The van der Waals surface area contributed by atoms with Crippen LogP contribution < -0.4 is 5.32 Å². The quantitative estimate of drug-likeness (QED) is 0.512. The molecule has 1 aromatic heterocycles. The maximum atomic E-state index is 5.98. The number of para-hydroxylation sites is 1. The predicted molar refractivity (Wildman–Crippen MR) is 127 cm³/mol. The zero-order valence-electron chi connectivity index (χ0n) is 17.7. The van der Waals surface area contributed by atoms with E-state index in [1.165, 1.54) is 59.7 Å². The molecule has 0 radical (unpaired) electrons. The summed E-state index contributed by atoms with van der Waals surface area (Å²) in [6.45, 7) is 5.12. The number of nitrogens with zero attached hydrogens (tertiary/aromatic N) is 2. The van der Waals surface area contributed by atoms with Crippen molar-refractivity contribution in [2.45, 2.75) is 58.5 Å². The number of aromatic nitrogens is 1. The second kappa shape index (κ2) is 8.58. The molecule has 1 aliphatic carbocycles. The first kappa shape index (κ1) is 20.0. The highest BCUT2D eigenvalue weighted by atomic mass is 32.1. The Balaban J connectivity index is 1.64. The van der Waals surface area contributed by atoms with Crippen LogP contribution in [0.3, 0.4) is 0 Å². The van der Waals surface area contributed by atoms with Crippen molar-refractivity contribution in [3.8, 4) is 0 Å². The molecule has 152 valence electrons. The molecule has 4 rings (SSSR count). The number of rotatable bonds is 4. The molecule has 4 heteroatoms. The molecular formula is C25H31N3S. The summed E-state index contributed by atoms with van der Waals surface area (Å²) in [7, 11) is 2.13. The van der Waals surface area contributed by atoms with E-state index < -0.39 is 0 Å². The maximum Gasteiger partial charge on any atom is 0.173 e. The Bertz CT molecular complexity index is 1010. The largest absolute Gasteiger partial charge is 0.350 e. The highest BCUT2D eigenvalue weighted by molar-refractivity contribution is 7.80. The molecule has 29 heavy (non-hydrogen) atoms. The van der Waals surface area contributed by atoms with Crippen molar-refractivity contribution in [2.75, 3.05) is 5.32 Å². The third kappa shape index (κ3) is 4.32. The summed E-state index contributed by atoms with van der Waals surface area (Å²) in [6.07, 6.45) is 8.64. The minimum absolute atomic E-state index is 0.507. The standard InChI is InChI=1S/C25H31N3S/c1-18-13-14-19(2)23(15-18)26-25(29)28(21-9-5-4-6-10-21)17-20-16-27(3)24-12-8-7-11-22(20)24/h7-8,11-16,21H,4-6,9-10,17H2,1-3H3,(H,26,29). The average Bonchev–Trinajstić information content (AvgIpc) is 3.05. The van der Waals surface area contributed by atoms with Crippen molar-refractivity contribution in [1.82, 2.24) is 9.47 Å². The Hall–Kier alpha value is -2.33. The van der Waals surface area contributed by atoms with Gasteiger partial charge in [0, 0.05) is 42.4 Å². The molecular weight excluding hydrogens is 374 g/mol. The van der Waals surface area contributed by atoms with Gasteiger partial charge in [-0.2, -0.15) is 0 Å². The first-order chi connectivity index (χ1) is 14.0. The molecule has 2 aromatic carbocycles. The summed E-state index contributed by atoms with van der Waals surface area (Å²) in [5.41, 5.74) is 6.22. The van der Waals surface area contributed by atoms with Crippen molar-refractivity contribution in [1.29, 1.82) is 0 Å². The van der Waals surface area contributed by atoms with E-state index in [4.69, 9.17) is 12.2 Å². The SMILES string of the molecule is Cc1ccc(C)c(NC(=S)N(Cc2cn(C)c3ccccc23)C2CCCCC2)c1. The molecule has 0 atom stereocenters. The van der Waals surface area contributed by atoms with Crippen LogP contribution in [0.5, 0.6) is 0 Å². The van der Waals surface area contributed by atoms with Gasteiger partial charge in [0.15, 0.2) is 5.11 Å². The topological polar surface area (TPSA) is 20.2 Å². The van der Waals surface area contributed by atoms with Gasteiger partial charge in [0.25, 0.3) is 0 Å². The number of nitrogens with one attached hydrogen (secondary N) is 1. The molecule has 0 amide bonds. The molecule has 0 spiro atoms. The lowest BCUT2D eigenvalue weighted by Crippen LogP contribution is -2.43. The van der Waals surface area contributed by atoms with Gasteiger partial charge in [0.05, 0.1) is 0 Å². The van der Waals surface area contributed by atoms with Crippen LogP contribution >= 0.6 is 12.2 Å². The number of anilines is 1. The van der Waals surface area contributed by atoms with Crippen molar-refractivity contribution in [3.05, 3.63) is 65.4 Å². The Labute approximate surface area is 179 Å². The molecule has 0 bridgehead atoms. The third-order valence-corrected chi connectivity index (χ3v) is 6.57. The molecule has 1 aliphatic rings. The van der Waals surface area contributed by atoms with Crippen LogP contribution in [0.1, 0.15) is 48.8 Å². The molecule has 0 saturated heterocycles. The molecule has 0 unspecified atom stereocenters. The van der Waals surface area contributed by atoms with E-state index in [2.05, 4.69) is 84.3 Å². The van der Waals surface area contributed by atoms with Crippen LogP contribution in [-0.4, -0.2) is 20.6 Å². The van der Waals surface area contributed by atoms with Gasteiger partial charge in [-0.3, -0.25) is 0 Å². The van der Waals surface area contributed by atoms with E-state index in [1.807, 2.05) is 0 Å². The van der Waals surface area contributed by atoms with E-state index in [0.717, 1.165) is 17.3 Å². The molecule has 1 heterocycles. The summed E-state index contributed by atoms with van der Waals surface area (Å²) in [6, 6.07) is 15.7. The predicted octanol–water partition coefficient (Wildman–Crippen LogP) is 6.33. The minimum atomic E-state index is 0.507. The van der Waals surface area contributed by atoms with Crippen LogP contribution in [-0.2, 0) is 13.6 Å². The number of thiocarbonyl (C=S) groups is 1. The van der Waals surface area contributed by atoms with Crippen LogP contribution in [0.15, 0.2) is 48.7 Å². The fourth-order valence-electron chi connectivity index (χ4n) is 4.55. The summed E-state index contributed by atoms with van der Waals surface area (Å²) >= 11 is 5.98. The monoisotopic (exact) mass is 405 g/mol. The zero-order chi connectivity index (χ0) is 20.4. The van der Waals surface area contributed by atoms with Gasteiger partial charge in [0.1, 0.15) is 0 Å².